The van der Waals surface area contributed by atoms with E-state index in [4.69, 9.17) is 11.6 Å². The maximum Gasteiger partial charge on any atom is 0.155 e. The Labute approximate surface area is 241 Å². The molecule has 6 heteroatoms. The highest BCUT2D eigenvalue weighted by Crippen LogP contribution is 2.24. The van der Waals surface area contributed by atoms with Gasteiger partial charge in [-0.25, -0.2) is 0 Å². The van der Waals surface area contributed by atoms with Gasteiger partial charge < -0.3 is 0 Å². The van der Waals surface area contributed by atoms with Crippen molar-refractivity contribution in [2.45, 2.75) is 46.1 Å². The number of aromatic nitrogens is 4. The average Bonchev–Trinajstić information content (AvgIpc) is 2.99. The third kappa shape index (κ3) is 9.02. The summed E-state index contributed by atoms with van der Waals surface area (Å²) in [4.78, 5) is 0. The summed E-state index contributed by atoms with van der Waals surface area (Å²) < 4.78 is 0. The van der Waals surface area contributed by atoms with Crippen molar-refractivity contribution in [3.05, 3.63) is 124 Å². The maximum atomic E-state index is 6.19. The molecule has 4 nitrogen and oxygen atoms in total. The Bertz CT molecular complexity index is 1430. The first-order valence-electron chi connectivity index (χ1n) is 13.2. The molecule has 3 aromatic carbocycles. The Morgan fingerprint density at radius 2 is 1.21 bits per heavy atom. The summed E-state index contributed by atoms with van der Waals surface area (Å²) in [5.41, 5.74) is 8.62. The van der Waals surface area contributed by atoms with Crippen LogP contribution in [0.2, 0.25) is 5.15 Å². The van der Waals surface area contributed by atoms with Crippen molar-refractivity contribution in [3.8, 4) is 22.5 Å². The summed E-state index contributed by atoms with van der Waals surface area (Å²) in [5.74, 6) is 1.03. The molecule has 2 aromatic heterocycles. The monoisotopic (exact) mass is 554 g/mol. The first-order valence-corrected chi connectivity index (χ1v) is 14.6. The van der Waals surface area contributed by atoms with Gasteiger partial charge in [0, 0.05) is 17.5 Å². The van der Waals surface area contributed by atoms with Crippen molar-refractivity contribution in [3.63, 3.8) is 0 Å². The number of rotatable bonds is 6. The molecule has 0 N–H and O–H groups in total. The molecule has 0 bridgehead atoms. The van der Waals surface area contributed by atoms with E-state index in [0.717, 1.165) is 45.3 Å². The van der Waals surface area contributed by atoms with Crippen molar-refractivity contribution in [1.29, 1.82) is 0 Å². The summed E-state index contributed by atoms with van der Waals surface area (Å²) in [6, 6.07) is 32.7. The van der Waals surface area contributed by atoms with Crippen LogP contribution in [0.3, 0.4) is 0 Å². The third-order valence-corrected chi connectivity index (χ3v) is 6.98. The normalized spacial score (nSPS) is 10.1. The Morgan fingerprint density at radius 1 is 0.667 bits per heavy atom. The fourth-order valence-electron chi connectivity index (χ4n) is 3.72. The van der Waals surface area contributed by atoms with Gasteiger partial charge in [-0.3, -0.25) is 0 Å². The van der Waals surface area contributed by atoms with E-state index in [9.17, 15) is 0 Å². The lowest BCUT2D eigenvalue weighted by molar-refractivity contribution is 0.913. The van der Waals surface area contributed by atoms with Crippen LogP contribution in [-0.4, -0.2) is 26.1 Å². The van der Waals surface area contributed by atoms with Crippen LogP contribution in [0.4, 0.5) is 0 Å². The zero-order chi connectivity index (χ0) is 28.0. The Morgan fingerprint density at radius 3 is 1.74 bits per heavy atom. The smallest absolute Gasteiger partial charge is 0.149 e. The second-order valence-electron chi connectivity index (χ2n) is 8.59. The van der Waals surface area contributed by atoms with Crippen molar-refractivity contribution in [2.24, 2.45) is 0 Å². The number of benzene rings is 3. The van der Waals surface area contributed by atoms with Gasteiger partial charge in [-0.1, -0.05) is 123 Å². The lowest BCUT2D eigenvalue weighted by Gasteiger charge is -2.07. The second-order valence-corrected chi connectivity index (χ2v) is 10.2. The number of halogens is 1. The van der Waals surface area contributed by atoms with Gasteiger partial charge in [-0.2, -0.15) is 0 Å². The maximum absolute atomic E-state index is 6.19. The molecule has 0 atom stereocenters. The van der Waals surface area contributed by atoms with Gasteiger partial charge in [0.05, 0.1) is 11.4 Å². The van der Waals surface area contributed by atoms with Gasteiger partial charge in [0.25, 0.3) is 0 Å². The standard InChI is InChI=1S/C18H15ClN2.C13H14N2S.C2H6/c1-13-7-9-14(10-8-13)11-16-12-17(20-21-18(16)19)15-5-3-2-4-6-15;1-3-16-13-10(2)9-12(14-15-13)11-7-5-4-6-8-11;1-2/h2-10,12H,11H2,1H3;4-9H,3H2,1-2H3;1-2H3. The van der Waals surface area contributed by atoms with Crippen LogP contribution in [0.25, 0.3) is 22.5 Å². The van der Waals surface area contributed by atoms with E-state index in [-0.39, 0.29) is 0 Å². The third-order valence-electron chi connectivity index (χ3n) is 5.70. The summed E-state index contributed by atoms with van der Waals surface area (Å²) in [6.45, 7) is 10.3. The molecule has 5 aromatic rings. The quantitative estimate of drug-likeness (QED) is 0.196. The average molecular weight is 555 g/mol. The number of hydrogen-bond acceptors (Lipinski definition) is 5. The summed E-state index contributed by atoms with van der Waals surface area (Å²) in [7, 11) is 0. The molecule has 0 aliphatic heterocycles. The molecule has 0 saturated carbocycles. The van der Waals surface area contributed by atoms with Crippen LogP contribution in [0.15, 0.2) is 102 Å². The van der Waals surface area contributed by atoms with E-state index >= 15 is 0 Å². The molecule has 200 valence electrons. The van der Waals surface area contributed by atoms with Gasteiger partial charge in [0.2, 0.25) is 0 Å². The van der Waals surface area contributed by atoms with E-state index in [1.54, 1.807) is 11.8 Å². The van der Waals surface area contributed by atoms with Crippen molar-refractivity contribution in [1.82, 2.24) is 20.4 Å². The van der Waals surface area contributed by atoms with Crippen molar-refractivity contribution in [2.75, 3.05) is 5.75 Å². The number of nitrogens with zero attached hydrogens (tertiary/aromatic N) is 4. The SMILES string of the molecule is CC.CCSc1nnc(-c2ccccc2)cc1C.Cc1ccc(Cc2cc(-c3ccccc3)nnc2Cl)cc1. The molecule has 0 spiro atoms. The Kier molecular flexibility index (Phi) is 12.1. The van der Waals surface area contributed by atoms with Gasteiger partial charge >= 0.3 is 0 Å². The molecular formula is C33H35ClN4S. The number of hydrogen-bond donors (Lipinski definition) is 0. The first kappa shape index (κ1) is 30.0. The van der Waals surface area contributed by atoms with Crippen molar-refractivity contribution >= 4 is 23.4 Å². The molecule has 0 aliphatic carbocycles. The molecule has 0 radical (unpaired) electrons. The van der Waals surface area contributed by atoms with Crippen LogP contribution in [-0.2, 0) is 6.42 Å². The highest BCUT2D eigenvalue weighted by molar-refractivity contribution is 7.99. The highest BCUT2D eigenvalue weighted by atomic mass is 35.5. The molecule has 2 heterocycles. The predicted octanol–water partition coefficient (Wildman–Crippen LogP) is 9.29. The lowest BCUT2D eigenvalue weighted by Crippen LogP contribution is -1.96. The van der Waals surface area contributed by atoms with E-state index in [2.05, 4.69) is 83.6 Å². The Balaban J connectivity index is 0.000000210. The molecule has 39 heavy (non-hydrogen) atoms. The zero-order valence-electron chi connectivity index (χ0n) is 23.2. The molecule has 5 rings (SSSR count). The molecular weight excluding hydrogens is 520 g/mol. The fraction of sp³-hybridized carbons (Fsp3) is 0.212. The molecule has 0 aliphatic rings. The number of aryl methyl sites for hydroxylation is 2. The highest BCUT2D eigenvalue weighted by Gasteiger charge is 2.08. The van der Waals surface area contributed by atoms with Crippen LogP contribution < -0.4 is 0 Å². The minimum atomic E-state index is 0.468. The molecule has 0 fully saturated rings. The van der Waals surface area contributed by atoms with Crippen LogP contribution >= 0.6 is 23.4 Å². The molecule has 0 amide bonds. The summed E-state index contributed by atoms with van der Waals surface area (Å²) >= 11 is 7.92. The topological polar surface area (TPSA) is 51.6 Å². The Hall–Kier alpha value is -3.54. The molecule has 0 unspecified atom stereocenters. The van der Waals surface area contributed by atoms with Crippen LogP contribution in [0, 0.1) is 13.8 Å². The van der Waals surface area contributed by atoms with Crippen LogP contribution in [0.1, 0.15) is 43.0 Å². The summed E-state index contributed by atoms with van der Waals surface area (Å²) in [5, 5.41) is 18.3. The van der Waals surface area contributed by atoms with Gasteiger partial charge in [-0.15, -0.1) is 32.2 Å². The summed E-state index contributed by atoms with van der Waals surface area (Å²) in [6.07, 6.45) is 0.758. The minimum Gasteiger partial charge on any atom is -0.149 e. The van der Waals surface area contributed by atoms with E-state index in [0.29, 0.717) is 5.15 Å². The largest absolute Gasteiger partial charge is 0.155 e. The molecule has 0 saturated heterocycles. The van der Waals surface area contributed by atoms with Crippen LogP contribution in [0.5, 0.6) is 0 Å². The van der Waals surface area contributed by atoms with E-state index in [1.807, 2.05) is 68.4 Å². The number of thioether (sulfide) groups is 1. The van der Waals surface area contributed by atoms with E-state index < -0.39 is 0 Å². The van der Waals surface area contributed by atoms with Crippen molar-refractivity contribution < 1.29 is 0 Å². The fourth-order valence-corrected chi connectivity index (χ4v) is 4.54. The zero-order valence-corrected chi connectivity index (χ0v) is 24.8. The van der Waals surface area contributed by atoms with Gasteiger partial charge in [-0.05, 0) is 48.4 Å². The first-order chi connectivity index (χ1) is 19.0. The van der Waals surface area contributed by atoms with E-state index in [1.165, 1.54) is 16.7 Å². The van der Waals surface area contributed by atoms with Gasteiger partial charge in [0.15, 0.2) is 5.15 Å². The predicted molar refractivity (Wildman–Crippen MR) is 166 cm³/mol. The second kappa shape index (κ2) is 15.8. The van der Waals surface area contributed by atoms with Gasteiger partial charge in [0.1, 0.15) is 5.03 Å². The minimum absolute atomic E-state index is 0.468. The lowest BCUT2D eigenvalue weighted by atomic mass is 10.0.